The topological polar surface area (TPSA) is 171 Å². The normalized spacial score (nSPS) is 25.9. The molecule has 1 aromatic rings. The van der Waals surface area contributed by atoms with Gasteiger partial charge in [-0.2, -0.15) is 0 Å². The van der Waals surface area contributed by atoms with Gasteiger partial charge in [0, 0.05) is 12.6 Å². The van der Waals surface area contributed by atoms with Crippen LogP contribution in [-0.2, 0) is 36.6 Å². The molecule has 1 fully saturated rings. The Morgan fingerprint density at radius 2 is 1.04 bits per heavy atom. The molecule has 4 atom stereocenters. The summed E-state index contributed by atoms with van der Waals surface area (Å²) in [6, 6.07) is 3.60. The highest BCUT2D eigenvalue weighted by Crippen LogP contribution is 2.47. The fourth-order valence-corrected chi connectivity index (χ4v) is 13.5. The average molecular weight is 842 g/mol. The van der Waals surface area contributed by atoms with E-state index in [2.05, 4.69) is 123 Å². The molecule has 20 heteroatoms. The smallest absolute Gasteiger partial charge is 0.293 e. The fourth-order valence-electron chi connectivity index (χ4n) is 6.11. The Balaban J connectivity index is 3.18. The number of benzene rings is 1. The molecule has 13 nitrogen and oxygen atoms in total. The van der Waals surface area contributed by atoms with Gasteiger partial charge >= 0.3 is 0 Å². The molecule has 0 bridgehead atoms. The van der Waals surface area contributed by atoms with Crippen LogP contribution in [0.2, 0.25) is 118 Å². The van der Waals surface area contributed by atoms with Crippen molar-refractivity contribution in [2.24, 2.45) is 5.14 Å². The van der Waals surface area contributed by atoms with Crippen LogP contribution >= 0.6 is 0 Å². The SMILES string of the molecule is C[Si](C)(C)OC1C(O[Si](C)(C)C)C(O[Si](C)(C)C)C(CNc2ccc(S(N)(=O)=O)cc2[N+](=O)[O-])(O[Si](C)(C)C)C(O[Si](C)(C)C)C1O[Si](C)(C)C. The first-order chi connectivity index (χ1) is 22.4. The van der Waals surface area contributed by atoms with Crippen LogP contribution in [0.1, 0.15) is 0 Å². The molecule has 1 aromatic carbocycles. The van der Waals surface area contributed by atoms with Gasteiger partial charge in [0.1, 0.15) is 41.8 Å². The van der Waals surface area contributed by atoms with Crippen molar-refractivity contribution < 1.29 is 39.9 Å². The Morgan fingerprint density at radius 3 is 1.35 bits per heavy atom. The van der Waals surface area contributed by atoms with E-state index >= 15 is 0 Å². The van der Waals surface area contributed by atoms with Gasteiger partial charge < -0.3 is 31.9 Å². The van der Waals surface area contributed by atoms with Crippen LogP contribution < -0.4 is 10.5 Å². The molecular formula is C31H67N3O10SSi6. The van der Waals surface area contributed by atoms with E-state index in [1.54, 1.807) is 0 Å². The number of nitro groups is 1. The first-order valence-electron chi connectivity index (χ1n) is 17.6. The molecule has 296 valence electrons. The summed E-state index contributed by atoms with van der Waals surface area (Å²) >= 11 is 0. The Morgan fingerprint density at radius 1 is 0.667 bits per heavy atom. The van der Waals surface area contributed by atoms with Crippen LogP contribution in [0, 0.1) is 10.1 Å². The van der Waals surface area contributed by atoms with Crippen molar-refractivity contribution in [2.45, 2.75) is 159 Å². The van der Waals surface area contributed by atoms with Gasteiger partial charge in [-0.3, -0.25) is 10.1 Å². The number of nitro benzene ring substituents is 1. The van der Waals surface area contributed by atoms with E-state index < -0.39 is 107 Å². The van der Waals surface area contributed by atoms with Crippen molar-refractivity contribution in [3.8, 4) is 0 Å². The molecule has 2 rings (SSSR count). The molecule has 3 N–H and O–H groups in total. The summed E-state index contributed by atoms with van der Waals surface area (Å²) in [5, 5.41) is 21.1. The first-order valence-corrected chi connectivity index (χ1v) is 39.6. The molecule has 51 heavy (non-hydrogen) atoms. The van der Waals surface area contributed by atoms with Crippen molar-refractivity contribution >= 4 is 71.3 Å². The monoisotopic (exact) mass is 841 g/mol. The molecule has 0 heterocycles. The van der Waals surface area contributed by atoms with Gasteiger partial charge in [-0.1, -0.05) is 0 Å². The Hall–Kier alpha value is -0.609. The van der Waals surface area contributed by atoms with Crippen molar-refractivity contribution in [2.75, 3.05) is 11.9 Å². The lowest BCUT2D eigenvalue weighted by Gasteiger charge is -2.62. The molecule has 4 unspecified atom stereocenters. The lowest BCUT2D eigenvalue weighted by atomic mass is 9.74. The van der Waals surface area contributed by atoms with Crippen LogP contribution in [0.4, 0.5) is 11.4 Å². The van der Waals surface area contributed by atoms with Gasteiger partial charge in [0.2, 0.25) is 10.0 Å². The van der Waals surface area contributed by atoms with Crippen LogP contribution in [0.15, 0.2) is 23.1 Å². The van der Waals surface area contributed by atoms with Crippen LogP contribution in [-0.4, -0.2) is 106 Å². The van der Waals surface area contributed by atoms with Crippen molar-refractivity contribution in [3.05, 3.63) is 28.3 Å². The van der Waals surface area contributed by atoms with E-state index in [0.717, 1.165) is 6.07 Å². The number of primary sulfonamides is 1. The highest BCUT2D eigenvalue weighted by atomic mass is 32.2. The Labute approximate surface area is 314 Å². The van der Waals surface area contributed by atoms with E-state index in [4.69, 9.17) is 31.7 Å². The molecule has 0 aliphatic heterocycles. The van der Waals surface area contributed by atoms with Crippen molar-refractivity contribution in [1.29, 1.82) is 0 Å². The number of nitrogens with two attached hydrogens (primary N) is 1. The predicted molar refractivity (Wildman–Crippen MR) is 221 cm³/mol. The van der Waals surface area contributed by atoms with E-state index in [1.165, 1.54) is 12.1 Å². The summed E-state index contributed by atoms with van der Waals surface area (Å²) in [6.45, 7) is 38.3. The summed E-state index contributed by atoms with van der Waals surface area (Å²) in [7, 11) is -18.4. The Kier molecular flexibility index (Phi) is 14.5. The van der Waals surface area contributed by atoms with Gasteiger partial charge in [-0.25, -0.2) is 13.6 Å². The maximum atomic E-state index is 12.4. The molecule has 0 radical (unpaired) electrons. The number of anilines is 1. The average Bonchev–Trinajstić information content (AvgIpc) is 2.84. The molecular weight excluding hydrogens is 775 g/mol. The minimum absolute atomic E-state index is 0.00785. The zero-order chi connectivity index (χ0) is 40.0. The largest absolute Gasteiger partial charge is 0.409 e. The Bertz CT molecular complexity index is 1440. The molecule has 1 saturated carbocycles. The summed E-state index contributed by atoms with van der Waals surface area (Å²) < 4.78 is 67.9. The minimum Gasteiger partial charge on any atom is -0.409 e. The number of hydrogen-bond acceptors (Lipinski definition) is 11. The number of sulfonamides is 1. The predicted octanol–water partition coefficient (Wildman–Crippen LogP) is 7.36. The highest BCUT2D eigenvalue weighted by molar-refractivity contribution is 7.89. The first kappa shape index (κ1) is 46.5. The molecule has 1 aliphatic rings. The van der Waals surface area contributed by atoms with Gasteiger partial charge in [0.25, 0.3) is 5.69 Å². The maximum Gasteiger partial charge on any atom is 0.293 e. The fraction of sp³-hybridized carbons (Fsp3) is 0.806. The standard InChI is InChI=1S/C31H67N3O10SSi6/c1-46(2,3)39-26-27(40-47(4,5)6)29(42-49(10,11)12)31(44-51(16,17)18,30(43-50(13,14)15)28(26)41-48(7,8)9)22-33-24-20-19-23(45(32,37)38)21-25(24)34(35)36/h19-21,26-30,33H,22H2,1-18H3,(H2,32,37,38). The third kappa shape index (κ3) is 14.5. The second kappa shape index (κ2) is 15.9. The quantitative estimate of drug-likeness (QED) is 0.0913. The summed E-state index contributed by atoms with van der Waals surface area (Å²) in [4.78, 5) is 11.4. The molecule has 0 saturated heterocycles. The van der Waals surface area contributed by atoms with Crippen LogP contribution in [0.25, 0.3) is 0 Å². The van der Waals surface area contributed by atoms with E-state index in [9.17, 15) is 18.5 Å². The third-order valence-electron chi connectivity index (χ3n) is 7.18. The maximum absolute atomic E-state index is 12.4. The molecule has 1 aliphatic carbocycles. The van der Waals surface area contributed by atoms with Crippen molar-refractivity contribution in [3.63, 3.8) is 0 Å². The number of nitrogens with one attached hydrogen (secondary N) is 1. The van der Waals surface area contributed by atoms with Gasteiger partial charge in [-0.05, 0) is 130 Å². The van der Waals surface area contributed by atoms with Crippen LogP contribution in [0.3, 0.4) is 0 Å². The second-order valence-electron chi connectivity index (χ2n) is 19.4. The summed E-state index contributed by atoms with van der Waals surface area (Å²) in [5.74, 6) is 0. The summed E-state index contributed by atoms with van der Waals surface area (Å²) in [6.07, 6.45) is -3.28. The molecule has 0 amide bonds. The third-order valence-corrected chi connectivity index (χ3v) is 13.9. The second-order valence-corrected chi connectivity index (χ2v) is 47.7. The van der Waals surface area contributed by atoms with Gasteiger partial charge in [0.15, 0.2) is 49.9 Å². The minimum atomic E-state index is -4.19. The van der Waals surface area contributed by atoms with Gasteiger partial charge in [0.05, 0.1) is 9.82 Å². The van der Waals surface area contributed by atoms with E-state index in [-0.39, 0.29) is 17.1 Å². The highest BCUT2D eigenvalue weighted by Gasteiger charge is 2.66. The number of hydrogen-bond donors (Lipinski definition) is 2. The lowest BCUT2D eigenvalue weighted by Crippen LogP contribution is -2.80. The van der Waals surface area contributed by atoms with Crippen LogP contribution in [0.5, 0.6) is 0 Å². The van der Waals surface area contributed by atoms with E-state index in [1.807, 2.05) is 0 Å². The zero-order valence-electron chi connectivity index (χ0n) is 34.3. The summed E-state index contributed by atoms with van der Waals surface area (Å²) in [5.41, 5.74) is -1.63. The van der Waals surface area contributed by atoms with Gasteiger partial charge in [-0.15, -0.1) is 0 Å². The molecule has 0 aromatic heterocycles. The van der Waals surface area contributed by atoms with E-state index in [0.29, 0.717) is 0 Å². The number of nitrogens with zero attached hydrogens (tertiary/aromatic N) is 1. The zero-order valence-corrected chi connectivity index (χ0v) is 41.2. The lowest BCUT2D eigenvalue weighted by molar-refractivity contribution is -0.384. The molecule has 0 spiro atoms. The number of rotatable bonds is 17. The van der Waals surface area contributed by atoms with Crippen molar-refractivity contribution in [1.82, 2.24) is 0 Å².